The third-order valence-electron chi connectivity index (χ3n) is 2.77. The summed E-state index contributed by atoms with van der Waals surface area (Å²) in [6, 6.07) is 7.15. The van der Waals surface area contributed by atoms with E-state index in [0.29, 0.717) is 0 Å². The number of benzene rings is 1. The minimum absolute atomic E-state index is 0.0602. The molecule has 0 heterocycles. The Kier molecular flexibility index (Phi) is 5.51. The molecule has 2 N–H and O–H groups in total. The van der Waals surface area contributed by atoms with Gasteiger partial charge in [-0.15, -0.1) is 0 Å². The standard InChI is InChI=1S/C14H21N3O2/c1-10-5-7-12(8-6-10)16-14(19)11(2)15-9-13(18)17(3)4/h5-8,11,15H,9H2,1-4H3,(H,16,19). The van der Waals surface area contributed by atoms with Gasteiger partial charge in [-0.2, -0.15) is 0 Å². The number of carbonyl (C=O) groups is 2. The number of carbonyl (C=O) groups excluding carboxylic acids is 2. The maximum Gasteiger partial charge on any atom is 0.241 e. The number of anilines is 1. The van der Waals surface area contributed by atoms with Gasteiger partial charge in [-0.3, -0.25) is 14.9 Å². The predicted molar refractivity (Wildman–Crippen MR) is 76.0 cm³/mol. The summed E-state index contributed by atoms with van der Waals surface area (Å²) in [5, 5.41) is 5.69. The molecule has 0 aliphatic heterocycles. The first-order valence-electron chi connectivity index (χ1n) is 6.21. The number of hydrogen-bond acceptors (Lipinski definition) is 3. The van der Waals surface area contributed by atoms with Crippen LogP contribution in [0.1, 0.15) is 12.5 Å². The fourth-order valence-electron chi connectivity index (χ4n) is 1.38. The SMILES string of the molecule is Cc1ccc(NC(=O)C(C)NCC(=O)N(C)C)cc1. The maximum atomic E-state index is 11.9. The zero-order valence-corrected chi connectivity index (χ0v) is 11.9. The highest BCUT2D eigenvalue weighted by Crippen LogP contribution is 2.08. The molecule has 1 unspecified atom stereocenters. The van der Waals surface area contributed by atoms with Crippen LogP contribution in [0.25, 0.3) is 0 Å². The Bertz CT molecular complexity index is 441. The molecular weight excluding hydrogens is 242 g/mol. The Balaban J connectivity index is 2.44. The minimum atomic E-state index is -0.426. The van der Waals surface area contributed by atoms with Crippen LogP contribution in [-0.2, 0) is 9.59 Å². The quantitative estimate of drug-likeness (QED) is 0.833. The molecule has 0 bridgehead atoms. The molecule has 1 aromatic carbocycles. The number of aryl methyl sites for hydroxylation is 1. The van der Waals surface area contributed by atoms with Crippen LogP contribution in [0.5, 0.6) is 0 Å². The van der Waals surface area contributed by atoms with Crippen molar-refractivity contribution in [1.29, 1.82) is 0 Å². The van der Waals surface area contributed by atoms with Crippen LogP contribution in [0.15, 0.2) is 24.3 Å². The molecule has 0 aliphatic rings. The summed E-state index contributed by atoms with van der Waals surface area (Å²) in [5.41, 5.74) is 1.89. The molecule has 19 heavy (non-hydrogen) atoms. The Morgan fingerprint density at radius 1 is 1.21 bits per heavy atom. The fourth-order valence-corrected chi connectivity index (χ4v) is 1.38. The Morgan fingerprint density at radius 2 is 1.79 bits per heavy atom. The van der Waals surface area contributed by atoms with E-state index in [1.807, 2.05) is 31.2 Å². The fraction of sp³-hybridized carbons (Fsp3) is 0.429. The molecule has 0 radical (unpaired) electrons. The summed E-state index contributed by atoms with van der Waals surface area (Å²) in [6.07, 6.45) is 0. The Morgan fingerprint density at radius 3 is 2.32 bits per heavy atom. The summed E-state index contributed by atoms with van der Waals surface area (Å²) >= 11 is 0. The lowest BCUT2D eigenvalue weighted by Gasteiger charge is -2.16. The molecule has 104 valence electrons. The molecule has 0 fully saturated rings. The van der Waals surface area contributed by atoms with Crippen molar-refractivity contribution in [3.8, 4) is 0 Å². The van der Waals surface area contributed by atoms with Gasteiger partial charge in [-0.05, 0) is 26.0 Å². The lowest BCUT2D eigenvalue weighted by Crippen LogP contribution is -2.43. The van der Waals surface area contributed by atoms with Gasteiger partial charge in [0.05, 0.1) is 12.6 Å². The number of hydrogen-bond donors (Lipinski definition) is 2. The van der Waals surface area contributed by atoms with Gasteiger partial charge in [0.15, 0.2) is 0 Å². The normalized spacial score (nSPS) is 11.8. The van der Waals surface area contributed by atoms with E-state index < -0.39 is 6.04 Å². The summed E-state index contributed by atoms with van der Waals surface area (Å²) in [4.78, 5) is 24.8. The highest BCUT2D eigenvalue weighted by molar-refractivity contribution is 5.94. The van der Waals surface area contributed by atoms with E-state index in [1.54, 1.807) is 21.0 Å². The van der Waals surface area contributed by atoms with E-state index in [0.717, 1.165) is 11.3 Å². The summed E-state index contributed by atoms with van der Waals surface area (Å²) < 4.78 is 0. The van der Waals surface area contributed by atoms with Crippen molar-refractivity contribution in [2.45, 2.75) is 19.9 Å². The second-order valence-corrected chi connectivity index (χ2v) is 4.75. The molecule has 0 spiro atoms. The van der Waals surface area contributed by atoms with Crippen molar-refractivity contribution >= 4 is 17.5 Å². The molecule has 1 aromatic rings. The number of nitrogens with zero attached hydrogens (tertiary/aromatic N) is 1. The van der Waals surface area contributed by atoms with Crippen molar-refractivity contribution in [2.75, 3.05) is 26.0 Å². The number of rotatable bonds is 5. The van der Waals surface area contributed by atoms with E-state index in [1.165, 1.54) is 4.90 Å². The van der Waals surface area contributed by atoms with E-state index in [4.69, 9.17) is 0 Å². The lowest BCUT2D eigenvalue weighted by molar-refractivity contribution is -0.128. The van der Waals surface area contributed by atoms with Gasteiger partial charge < -0.3 is 10.2 Å². The van der Waals surface area contributed by atoms with Crippen LogP contribution < -0.4 is 10.6 Å². The average Bonchev–Trinajstić information content (AvgIpc) is 2.37. The van der Waals surface area contributed by atoms with Gasteiger partial charge in [-0.1, -0.05) is 17.7 Å². The largest absolute Gasteiger partial charge is 0.348 e. The lowest BCUT2D eigenvalue weighted by atomic mass is 10.2. The van der Waals surface area contributed by atoms with Crippen LogP contribution in [-0.4, -0.2) is 43.4 Å². The number of amides is 2. The van der Waals surface area contributed by atoms with Gasteiger partial charge >= 0.3 is 0 Å². The average molecular weight is 263 g/mol. The molecule has 2 amide bonds. The highest BCUT2D eigenvalue weighted by atomic mass is 16.2. The summed E-state index contributed by atoms with van der Waals surface area (Å²) in [6.45, 7) is 3.87. The minimum Gasteiger partial charge on any atom is -0.348 e. The predicted octanol–water partition coefficient (Wildman–Crippen LogP) is 1.000. The number of likely N-dealkylation sites (N-methyl/N-ethyl adjacent to an activating group) is 1. The molecule has 1 atom stereocenters. The van der Waals surface area contributed by atoms with Crippen molar-refractivity contribution < 1.29 is 9.59 Å². The van der Waals surface area contributed by atoms with E-state index in [2.05, 4.69) is 10.6 Å². The molecule has 0 aromatic heterocycles. The zero-order valence-electron chi connectivity index (χ0n) is 11.9. The van der Waals surface area contributed by atoms with Crippen LogP contribution in [0.2, 0.25) is 0 Å². The molecule has 5 nitrogen and oxygen atoms in total. The Hall–Kier alpha value is -1.88. The maximum absolute atomic E-state index is 11.9. The van der Waals surface area contributed by atoms with Gasteiger partial charge in [0, 0.05) is 19.8 Å². The Labute approximate surface area is 114 Å². The summed E-state index contributed by atoms with van der Waals surface area (Å²) in [7, 11) is 3.36. The molecule has 5 heteroatoms. The van der Waals surface area contributed by atoms with Crippen molar-refractivity contribution in [2.24, 2.45) is 0 Å². The van der Waals surface area contributed by atoms with Crippen LogP contribution in [0, 0.1) is 6.92 Å². The molecule has 0 aliphatic carbocycles. The van der Waals surface area contributed by atoms with Gasteiger partial charge in [0.25, 0.3) is 0 Å². The monoisotopic (exact) mass is 263 g/mol. The third kappa shape index (κ3) is 5.09. The zero-order chi connectivity index (χ0) is 14.4. The molecular formula is C14H21N3O2. The second kappa shape index (κ2) is 6.89. The number of nitrogens with one attached hydrogen (secondary N) is 2. The molecule has 0 saturated carbocycles. The summed E-state index contributed by atoms with van der Waals surface area (Å²) in [5.74, 6) is -0.217. The first-order chi connectivity index (χ1) is 8.90. The van der Waals surface area contributed by atoms with Gasteiger partial charge in [0.1, 0.15) is 0 Å². The van der Waals surface area contributed by atoms with Gasteiger partial charge in [0.2, 0.25) is 11.8 Å². The topological polar surface area (TPSA) is 61.4 Å². The second-order valence-electron chi connectivity index (χ2n) is 4.75. The van der Waals surface area contributed by atoms with E-state index >= 15 is 0 Å². The van der Waals surface area contributed by atoms with Crippen molar-refractivity contribution in [1.82, 2.24) is 10.2 Å². The first-order valence-corrected chi connectivity index (χ1v) is 6.21. The molecule has 1 rings (SSSR count). The van der Waals surface area contributed by atoms with E-state index in [9.17, 15) is 9.59 Å². The van der Waals surface area contributed by atoms with Crippen LogP contribution in [0.3, 0.4) is 0 Å². The van der Waals surface area contributed by atoms with E-state index in [-0.39, 0.29) is 18.4 Å². The smallest absolute Gasteiger partial charge is 0.241 e. The highest BCUT2D eigenvalue weighted by Gasteiger charge is 2.14. The first kappa shape index (κ1) is 15.2. The third-order valence-corrected chi connectivity index (χ3v) is 2.77. The van der Waals surface area contributed by atoms with Gasteiger partial charge in [-0.25, -0.2) is 0 Å². The molecule has 0 saturated heterocycles. The van der Waals surface area contributed by atoms with Crippen LogP contribution >= 0.6 is 0 Å². The van der Waals surface area contributed by atoms with Crippen molar-refractivity contribution in [3.63, 3.8) is 0 Å². The van der Waals surface area contributed by atoms with Crippen LogP contribution in [0.4, 0.5) is 5.69 Å². The van der Waals surface area contributed by atoms with Crippen molar-refractivity contribution in [3.05, 3.63) is 29.8 Å².